The molecule has 0 bridgehead atoms. The second kappa shape index (κ2) is 13.3. The van der Waals surface area contributed by atoms with E-state index in [9.17, 15) is 14.4 Å². The van der Waals surface area contributed by atoms with Crippen molar-refractivity contribution >= 4 is 24.0 Å². The fourth-order valence-electron chi connectivity index (χ4n) is 3.21. The van der Waals surface area contributed by atoms with Gasteiger partial charge in [-0.3, -0.25) is 10.1 Å². The lowest BCUT2D eigenvalue weighted by molar-refractivity contribution is -0.143. The predicted octanol–water partition coefficient (Wildman–Crippen LogP) is 3.59. The third-order valence-electron chi connectivity index (χ3n) is 4.68. The Morgan fingerprint density at radius 3 is 2.55 bits per heavy atom. The number of esters is 1. The molecule has 0 aromatic heterocycles. The minimum absolute atomic E-state index is 0.0902. The van der Waals surface area contributed by atoms with Crippen LogP contribution < -0.4 is 20.1 Å². The highest BCUT2D eigenvalue weighted by atomic mass is 16.5. The van der Waals surface area contributed by atoms with E-state index in [4.69, 9.17) is 14.2 Å². The van der Waals surface area contributed by atoms with Crippen LogP contribution in [0.5, 0.6) is 11.5 Å². The molecule has 1 fully saturated rings. The summed E-state index contributed by atoms with van der Waals surface area (Å²) in [6.07, 6.45) is 8.80. The molecule has 1 saturated carbocycles. The van der Waals surface area contributed by atoms with Crippen LogP contribution in [0.25, 0.3) is 6.08 Å². The fourth-order valence-corrected chi connectivity index (χ4v) is 3.21. The quantitative estimate of drug-likeness (QED) is 0.433. The third-order valence-corrected chi connectivity index (χ3v) is 4.68. The Labute approximate surface area is 183 Å². The van der Waals surface area contributed by atoms with Gasteiger partial charge < -0.3 is 19.5 Å². The summed E-state index contributed by atoms with van der Waals surface area (Å²) in [6.45, 7) is 4.44. The van der Waals surface area contributed by atoms with Crippen molar-refractivity contribution in [2.24, 2.45) is 0 Å². The summed E-state index contributed by atoms with van der Waals surface area (Å²) in [5.74, 6) is -0.125. The lowest BCUT2D eigenvalue weighted by atomic mass is 9.96. The van der Waals surface area contributed by atoms with Gasteiger partial charge in [0.25, 0.3) is 5.91 Å². The maximum atomic E-state index is 11.9. The van der Waals surface area contributed by atoms with Crippen molar-refractivity contribution in [1.29, 1.82) is 0 Å². The first kappa shape index (κ1) is 24.2. The van der Waals surface area contributed by atoms with Crippen LogP contribution >= 0.6 is 0 Å². The van der Waals surface area contributed by atoms with E-state index in [2.05, 4.69) is 10.6 Å². The van der Waals surface area contributed by atoms with Crippen LogP contribution in [0.4, 0.5) is 4.79 Å². The number of rotatable bonds is 10. The third kappa shape index (κ3) is 9.11. The van der Waals surface area contributed by atoms with Gasteiger partial charge in [0, 0.05) is 12.1 Å². The predicted molar refractivity (Wildman–Crippen MR) is 117 cm³/mol. The highest BCUT2D eigenvalue weighted by Crippen LogP contribution is 2.29. The Hall–Kier alpha value is -3.03. The summed E-state index contributed by atoms with van der Waals surface area (Å²) in [6, 6.07) is 4.87. The van der Waals surface area contributed by atoms with Gasteiger partial charge in [-0.15, -0.1) is 0 Å². The standard InChI is InChI=1S/C23H32N2O6/c1-3-14-30-19-12-10-17(15-20(19)29-4-2)11-13-22(27)31-16-21(26)25-23(28)24-18-8-6-5-7-9-18/h10-13,15,18H,3-9,14,16H2,1-2H3,(H2,24,25,26,28)/b13-11+. The zero-order chi connectivity index (χ0) is 22.5. The molecule has 1 aliphatic rings. The highest BCUT2D eigenvalue weighted by Gasteiger charge is 2.17. The summed E-state index contributed by atoms with van der Waals surface area (Å²) in [7, 11) is 0. The lowest BCUT2D eigenvalue weighted by Gasteiger charge is -2.22. The van der Waals surface area contributed by atoms with Crippen LogP contribution in [0.15, 0.2) is 24.3 Å². The van der Waals surface area contributed by atoms with Crippen molar-refractivity contribution in [1.82, 2.24) is 10.6 Å². The van der Waals surface area contributed by atoms with E-state index in [-0.39, 0.29) is 6.04 Å². The molecule has 0 atom stereocenters. The van der Waals surface area contributed by atoms with Crippen molar-refractivity contribution in [2.45, 2.75) is 58.4 Å². The molecule has 3 amide bonds. The van der Waals surface area contributed by atoms with Crippen LogP contribution in [0, 0.1) is 0 Å². The summed E-state index contributed by atoms with van der Waals surface area (Å²) in [5, 5.41) is 4.95. The summed E-state index contributed by atoms with van der Waals surface area (Å²) < 4.78 is 16.1. The average molecular weight is 433 g/mol. The van der Waals surface area contributed by atoms with Crippen molar-refractivity contribution < 1.29 is 28.6 Å². The molecule has 0 radical (unpaired) electrons. The number of carbonyl (C=O) groups excluding carboxylic acids is 3. The molecular formula is C23H32N2O6. The number of hydrogen-bond donors (Lipinski definition) is 2. The topological polar surface area (TPSA) is 103 Å². The van der Waals surface area contributed by atoms with E-state index in [1.54, 1.807) is 24.3 Å². The summed E-state index contributed by atoms with van der Waals surface area (Å²) >= 11 is 0. The molecular weight excluding hydrogens is 400 g/mol. The molecule has 170 valence electrons. The van der Waals surface area contributed by atoms with Crippen LogP contribution in [0.1, 0.15) is 57.9 Å². The maximum absolute atomic E-state index is 11.9. The Bertz CT molecular complexity index is 771. The molecule has 2 N–H and O–H groups in total. The number of carbonyl (C=O) groups is 3. The van der Waals surface area contributed by atoms with Crippen LogP contribution in [-0.4, -0.2) is 43.8 Å². The van der Waals surface area contributed by atoms with Crippen LogP contribution in [-0.2, 0) is 14.3 Å². The van der Waals surface area contributed by atoms with Gasteiger partial charge in [0.1, 0.15) is 0 Å². The zero-order valence-corrected chi connectivity index (χ0v) is 18.3. The molecule has 0 unspecified atom stereocenters. The molecule has 0 saturated heterocycles. The van der Waals surface area contributed by atoms with Gasteiger partial charge in [0.2, 0.25) is 0 Å². The number of ether oxygens (including phenoxy) is 3. The maximum Gasteiger partial charge on any atom is 0.331 e. The number of amides is 3. The second-order valence-electron chi connectivity index (χ2n) is 7.29. The monoisotopic (exact) mass is 432 g/mol. The van der Waals surface area contributed by atoms with E-state index in [0.717, 1.165) is 37.7 Å². The highest BCUT2D eigenvalue weighted by molar-refractivity contribution is 5.96. The van der Waals surface area contributed by atoms with Crippen molar-refractivity contribution in [3.8, 4) is 11.5 Å². The Kier molecular flexibility index (Phi) is 10.4. The van der Waals surface area contributed by atoms with Gasteiger partial charge >= 0.3 is 12.0 Å². The lowest BCUT2D eigenvalue weighted by Crippen LogP contribution is -2.46. The van der Waals surface area contributed by atoms with E-state index in [0.29, 0.717) is 24.7 Å². The normalized spacial score (nSPS) is 14.1. The van der Waals surface area contributed by atoms with Gasteiger partial charge in [-0.2, -0.15) is 0 Å². The Morgan fingerprint density at radius 1 is 1.06 bits per heavy atom. The van der Waals surface area contributed by atoms with Crippen LogP contribution in [0.3, 0.4) is 0 Å². The number of urea groups is 1. The first-order valence-electron chi connectivity index (χ1n) is 10.9. The van der Waals surface area contributed by atoms with Crippen molar-refractivity contribution in [3.63, 3.8) is 0 Å². The number of hydrogen-bond acceptors (Lipinski definition) is 6. The number of imide groups is 1. The zero-order valence-electron chi connectivity index (χ0n) is 18.3. The first-order chi connectivity index (χ1) is 15.0. The minimum atomic E-state index is -0.688. The SMILES string of the molecule is CCCOc1ccc(/C=C/C(=O)OCC(=O)NC(=O)NC2CCCCC2)cc1OCC. The molecule has 8 nitrogen and oxygen atoms in total. The van der Waals surface area contributed by atoms with E-state index < -0.39 is 24.5 Å². The van der Waals surface area contributed by atoms with Crippen molar-refractivity contribution in [3.05, 3.63) is 29.8 Å². The molecule has 31 heavy (non-hydrogen) atoms. The van der Waals surface area contributed by atoms with Gasteiger partial charge in [-0.05, 0) is 50.0 Å². The van der Waals surface area contributed by atoms with Gasteiger partial charge in [-0.25, -0.2) is 9.59 Å². The summed E-state index contributed by atoms with van der Waals surface area (Å²) in [4.78, 5) is 35.5. The number of nitrogens with one attached hydrogen (secondary N) is 2. The summed E-state index contributed by atoms with van der Waals surface area (Å²) in [5.41, 5.74) is 0.723. The molecule has 8 heteroatoms. The molecule has 2 rings (SSSR count). The molecule has 0 aliphatic heterocycles. The van der Waals surface area contributed by atoms with E-state index in [1.807, 2.05) is 13.8 Å². The van der Waals surface area contributed by atoms with Gasteiger partial charge in [-0.1, -0.05) is 32.3 Å². The first-order valence-corrected chi connectivity index (χ1v) is 10.9. The van der Waals surface area contributed by atoms with E-state index in [1.165, 1.54) is 12.5 Å². The molecule has 1 aromatic rings. The minimum Gasteiger partial charge on any atom is -0.490 e. The molecule has 1 aromatic carbocycles. The molecule has 1 aliphatic carbocycles. The van der Waals surface area contributed by atoms with Gasteiger partial charge in [0.05, 0.1) is 13.2 Å². The molecule has 0 heterocycles. The van der Waals surface area contributed by atoms with Crippen LogP contribution in [0.2, 0.25) is 0 Å². The smallest absolute Gasteiger partial charge is 0.331 e. The van der Waals surface area contributed by atoms with E-state index >= 15 is 0 Å². The number of benzene rings is 1. The average Bonchev–Trinajstić information content (AvgIpc) is 2.76. The fraction of sp³-hybridized carbons (Fsp3) is 0.522. The largest absolute Gasteiger partial charge is 0.490 e. The Balaban J connectivity index is 1.78. The van der Waals surface area contributed by atoms with Gasteiger partial charge in [0.15, 0.2) is 18.1 Å². The van der Waals surface area contributed by atoms with Crippen molar-refractivity contribution in [2.75, 3.05) is 19.8 Å². The molecule has 0 spiro atoms. The Morgan fingerprint density at radius 2 is 1.84 bits per heavy atom. The second-order valence-corrected chi connectivity index (χ2v) is 7.29.